The molecule has 0 unspecified atom stereocenters. The van der Waals surface area contributed by atoms with E-state index in [1.807, 2.05) is 4.90 Å². The predicted octanol–water partition coefficient (Wildman–Crippen LogP) is 2.90. The molecule has 0 bridgehead atoms. The van der Waals surface area contributed by atoms with Crippen LogP contribution in [0.2, 0.25) is 5.02 Å². The molecule has 0 spiro atoms. The van der Waals surface area contributed by atoms with Gasteiger partial charge in [-0.25, -0.2) is 4.39 Å². The van der Waals surface area contributed by atoms with Crippen molar-refractivity contribution in [1.82, 2.24) is 4.90 Å². The molecule has 18 heavy (non-hydrogen) atoms. The van der Waals surface area contributed by atoms with Crippen LogP contribution in [-0.4, -0.2) is 30.4 Å². The third-order valence-corrected chi connectivity index (χ3v) is 3.23. The van der Waals surface area contributed by atoms with Crippen molar-refractivity contribution in [2.45, 2.75) is 19.3 Å². The highest BCUT2D eigenvalue weighted by atomic mass is 35.5. The summed E-state index contributed by atoms with van der Waals surface area (Å²) in [6.45, 7) is 1.83. The van der Waals surface area contributed by atoms with E-state index in [9.17, 15) is 9.18 Å². The zero-order valence-corrected chi connectivity index (χ0v) is 10.8. The average molecular weight is 271 g/mol. The van der Waals surface area contributed by atoms with Crippen molar-refractivity contribution in [2.75, 3.05) is 25.0 Å². The lowest BCUT2D eigenvalue weighted by atomic mass is 10.1. The Morgan fingerprint density at radius 1 is 1.28 bits per heavy atom. The molecule has 98 valence electrons. The van der Waals surface area contributed by atoms with Gasteiger partial charge in [0.1, 0.15) is 5.82 Å². The van der Waals surface area contributed by atoms with Crippen molar-refractivity contribution in [1.29, 1.82) is 0 Å². The van der Waals surface area contributed by atoms with Gasteiger partial charge >= 0.3 is 0 Å². The molecule has 0 saturated carbocycles. The number of anilines is 1. The Morgan fingerprint density at radius 2 is 2.00 bits per heavy atom. The van der Waals surface area contributed by atoms with Gasteiger partial charge in [0.15, 0.2) is 0 Å². The lowest BCUT2D eigenvalue weighted by Gasteiger charge is -2.26. The Labute approximate surface area is 111 Å². The number of hydrogen-bond donors (Lipinski definition) is 1. The van der Waals surface area contributed by atoms with Crippen molar-refractivity contribution >= 4 is 23.2 Å². The van der Waals surface area contributed by atoms with E-state index in [0.717, 1.165) is 25.9 Å². The number of carbonyl (C=O) groups excluding carboxylic acids is 1. The molecule has 1 aromatic carbocycles. The molecule has 1 fully saturated rings. The number of likely N-dealkylation sites (tertiary alicyclic amines) is 1. The molecule has 1 saturated heterocycles. The van der Waals surface area contributed by atoms with Gasteiger partial charge in [-0.2, -0.15) is 0 Å². The molecule has 5 heteroatoms. The first-order chi connectivity index (χ1) is 8.65. The van der Waals surface area contributed by atoms with Crippen LogP contribution in [0.5, 0.6) is 0 Å². The summed E-state index contributed by atoms with van der Waals surface area (Å²) in [6, 6.07) is 4.17. The number of carbonyl (C=O) groups is 1. The maximum atomic E-state index is 13.1. The fourth-order valence-corrected chi connectivity index (χ4v) is 2.31. The van der Waals surface area contributed by atoms with Crippen LogP contribution in [0.15, 0.2) is 18.2 Å². The largest absolute Gasteiger partial charge is 0.376 e. The number of halogens is 2. The number of hydrogen-bond acceptors (Lipinski definition) is 2. The van der Waals surface area contributed by atoms with Crippen molar-refractivity contribution in [3.8, 4) is 0 Å². The summed E-state index contributed by atoms with van der Waals surface area (Å²) in [5.74, 6) is -0.356. The molecule has 0 aromatic heterocycles. The smallest absolute Gasteiger partial charge is 0.241 e. The predicted molar refractivity (Wildman–Crippen MR) is 70.3 cm³/mol. The van der Waals surface area contributed by atoms with E-state index in [4.69, 9.17) is 11.6 Å². The summed E-state index contributed by atoms with van der Waals surface area (Å²) < 4.78 is 13.1. The molecule has 1 aliphatic heterocycles. The second kappa shape index (κ2) is 6.05. The average Bonchev–Trinajstić information content (AvgIpc) is 2.36. The first-order valence-corrected chi connectivity index (χ1v) is 6.51. The molecular formula is C13H16ClFN2O. The SMILES string of the molecule is O=C(CNc1cc(F)cc(Cl)c1)N1CCCCC1. The second-order valence-electron chi connectivity index (χ2n) is 4.45. The van der Waals surface area contributed by atoms with Gasteiger partial charge in [0, 0.05) is 23.8 Å². The minimum absolute atomic E-state index is 0.0510. The molecule has 1 aromatic rings. The van der Waals surface area contributed by atoms with Crippen LogP contribution in [0, 0.1) is 5.82 Å². The molecule has 1 amide bonds. The summed E-state index contributed by atoms with van der Waals surface area (Å²) in [7, 11) is 0. The number of benzene rings is 1. The zero-order chi connectivity index (χ0) is 13.0. The van der Waals surface area contributed by atoms with E-state index in [1.54, 1.807) is 6.07 Å². The van der Waals surface area contributed by atoms with Crippen LogP contribution in [0.4, 0.5) is 10.1 Å². The van der Waals surface area contributed by atoms with E-state index in [2.05, 4.69) is 5.32 Å². The summed E-state index contributed by atoms with van der Waals surface area (Å²) in [4.78, 5) is 13.7. The lowest BCUT2D eigenvalue weighted by Crippen LogP contribution is -2.39. The summed E-state index contributed by atoms with van der Waals surface area (Å²) in [5.41, 5.74) is 0.533. The van der Waals surface area contributed by atoms with Crippen LogP contribution in [0.3, 0.4) is 0 Å². The van der Waals surface area contributed by atoms with Gasteiger partial charge in [-0.3, -0.25) is 4.79 Å². The van der Waals surface area contributed by atoms with Gasteiger partial charge in [0.05, 0.1) is 6.54 Å². The quantitative estimate of drug-likeness (QED) is 0.916. The van der Waals surface area contributed by atoms with E-state index < -0.39 is 5.82 Å². The van der Waals surface area contributed by atoms with Gasteiger partial charge in [-0.15, -0.1) is 0 Å². The Bertz CT molecular complexity index is 413. The van der Waals surface area contributed by atoms with E-state index in [1.165, 1.54) is 18.6 Å². The molecule has 1 heterocycles. The van der Waals surface area contributed by atoms with Crippen LogP contribution in [0.1, 0.15) is 19.3 Å². The number of nitrogens with one attached hydrogen (secondary N) is 1. The molecule has 0 atom stereocenters. The Balaban J connectivity index is 1.88. The maximum Gasteiger partial charge on any atom is 0.241 e. The molecule has 1 aliphatic rings. The maximum absolute atomic E-state index is 13.1. The van der Waals surface area contributed by atoms with Crippen molar-refractivity contribution in [2.24, 2.45) is 0 Å². The second-order valence-corrected chi connectivity index (χ2v) is 4.89. The fraction of sp³-hybridized carbons (Fsp3) is 0.462. The van der Waals surface area contributed by atoms with E-state index in [0.29, 0.717) is 10.7 Å². The Hall–Kier alpha value is -1.29. The zero-order valence-electron chi connectivity index (χ0n) is 10.1. The minimum atomic E-state index is -0.407. The summed E-state index contributed by atoms with van der Waals surface area (Å²) in [6.07, 6.45) is 3.33. The molecule has 3 nitrogen and oxygen atoms in total. The Morgan fingerprint density at radius 3 is 2.67 bits per heavy atom. The monoisotopic (exact) mass is 270 g/mol. The van der Waals surface area contributed by atoms with Gasteiger partial charge in [-0.1, -0.05) is 11.6 Å². The highest BCUT2D eigenvalue weighted by Gasteiger charge is 2.15. The molecule has 2 rings (SSSR count). The third kappa shape index (κ3) is 3.60. The van der Waals surface area contributed by atoms with Crippen molar-refractivity contribution < 1.29 is 9.18 Å². The van der Waals surface area contributed by atoms with Crippen molar-refractivity contribution in [3.05, 3.63) is 29.0 Å². The number of nitrogens with zero attached hydrogens (tertiary/aromatic N) is 1. The van der Waals surface area contributed by atoms with Gasteiger partial charge in [0.25, 0.3) is 0 Å². The number of amides is 1. The molecule has 0 radical (unpaired) electrons. The normalized spacial score (nSPS) is 15.6. The molecular weight excluding hydrogens is 255 g/mol. The summed E-state index contributed by atoms with van der Waals surface area (Å²) in [5, 5.41) is 3.23. The van der Waals surface area contributed by atoms with Gasteiger partial charge in [0.2, 0.25) is 5.91 Å². The molecule has 0 aliphatic carbocycles. The topological polar surface area (TPSA) is 32.3 Å². The van der Waals surface area contributed by atoms with Crippen LogP contribution in [-0.2, 0) is 4.79 Å². The number of piperidine rings is 1. The first kappa shape index (κ1) is 13.1. The standard InChI is InChI=1S/C13H16ClFN2O/c14-10-6-11(15)8-12(7-10)16-9-13(18)17-4-2-1-3-5-17/h6-8,16H,1-5,9H2. The highest BCUT2D eigenvalue weighted by molar-refractivity contribution is 6.30. The molecule has 1 N–H and O–H groups in total. The summed E-state index contributed by atoms with van der Waals surface area (Å²) >= 11 is 5.74. The minimum Gasteiger partial charge on any atom is -0.376 e. The highest BCUT2D eigenvalue weighted by Crippen LogP contribution is 2.18. The van der Waals surface area contributed by atoms with Crippen molar-refractivity contribution in [3.63, 3.8) is 0 Å². The van der Waals surface area contributed by atoms with E-state index in [-0.39, 0.29) is 12.5 Å². The van der Waals surface area contributed by atoms with Crippen LogP contribution in [0.25, 0.3) is 0 Å². The Kier molecular flexibility index (Phi) is 4.42. The van der Waals surface area contributed by atoms with Crippen LogP contribution < -0.4 is 5.32 Å². The van der Waals surface area contributed by atoms with Gasteiger partial charge in [-0.05, 0) is 37.5 Å². The lowest BCUT2D eigenvalue weighted by molar-refractivity contribution is -0.130. The first-order valence-electron chi connectivity index (χ1n) is 6.13. The third-order valence-electron chi connectivity index (χ3n) is 3.02. The fourth-order valence-electron chi connectivity index (χ4n) is 2.09. The van der Waals surface area contributed by atoms with Crippen LogP contribution >= 0.6 is 11.6 Å². The van der Waals surface area contributed by atoms with E-state index >= 15 is 0 Å². The number of rotatable bonds is 3. The van der Waals surface area contributed by atoms with Gasteiger partial charge < -0.3 is 10.2 Å².